The molecule has 1 aliphatic rings. The second kappa shape index (κ2) is 8.87. The van der Waals surface area contributed by atoms with E-state index in [2.05, 4.69) is 49.5 Å². The van der Waals surface area contributed by atoms with Crippen molar-refractivity contribution in [2.24, 2.45) is 22.6 Å². The number of piperidine rings is 1. The first-order valence-corrected chi connectivity index (χ1v) is 7.25. The molecule has 0 saturated carbocycles. The number of aliphatic imine (C=N–C) groups is 1. The highest BCUT2D eigenvalue weighted by Crippen LogP contribution is 2.27. The van der Waals surface area contributed by atoms with Crippen LogP contribution in [-0.4, -0.2) is 42.6 Å². The maximum atomic E-state index is 5.82. The molecular weight excluding hydrogens is 363 g/mol. The third-order valence-corrected chi connectivity index (χ3v) is 3.79. The van der Waals surface area contributed by atoms with E-state index >= 15 is 0 Å². The largest absolute Gasteiger partial charge is 0.370 e. The summed E-state index contributed by atoms with van der Waals surface area (Å²) in [6.45, 7) is 16.5. The summed E-state index contributed by atoms with van der Waals surface area (Å²) in [5.41, 5.74) is 5.88. The Kier molecular flexibility index (Phi) is 8.74. The Labute approximate surface area is 141 Å². The monoisotopic (exact) mass is 394 g/mol. The van der Waals surface area contributed by atoms with Crippen LogP contribution in [0.4, 0.5) is 0 Å². The molecule has 0 aromatic heterocycles. The van der Waals surface area contributed by atoms with Gasteiger partial charge in [-0.3, -0.25) is 9.89 Å². The van der Waals surface area contributed by atoms with Gasteiger partial charge in [-0.2, -0.15) is 0 Å². The van der Waals surface area contributed by atoms with Crippen LogP contribution >= 0.6 is 24.0 Å². The van der Waals surface area contributed by atoms with Gasteiger partial charge >= 0.3 is 0 Å². The molecule has 0 aromatic carbocycles. The molecule has 20 heavy (non-hydrogen) atoms. The Bertz CT molecular complexity index is 318. The van der Waals surface area contributed by atoms with Gasteiger partial charge in [0.2, 0.25) is 0 Å². The maximum Gasteiger partial charge on any atom is 0.188 e. The topological polar surface area (TPSA) is 53.6 Å². The molecule has 1 saturated heterocycles. The zero-order valence-electron chi connectivity index (χ0n) is 13.4. The number of nitrogens with one attached hydrogen (secondary N) is 1. The van der Waals surface area contributed by atoms with Gasteiger partial charge in [0, 0.05) is 25.2 Å². The number of likely N-dealkylation sites (tertiary alicyclic amines) is 1. The van der Waals surface area contributed by atoms with Crippen molar-refractivity contribution in [1.29, 1.82) is 0 Å². The standard InChI is InChI=1S/C15H30N4.HI/c1-6-7-17-14(16)18-11-15(4,5)19-9-12(2)8-13(3)10-19;/h6,12-13H,1,7-11H2,2-5H3,(H3,16,17,18);1H. The van der Waals surface area contributed by atoms with Crippen LogP contribution in [0.3, 0.4) is 0 Å². The molecule has 0 aromatic rings. The Morgan fingerprint density at radius 1 is 1.40 bits per heavy atom. The molecule has 1 rings (SSSR count). The normalized spacial score (nSPS) is 24.9. The lowest BCUT2D eigenvalue weighted by Gasteiger charge is -2.44. The summed E-state index contributed by atoms with van der Waals surface area (Å²) in [5.74, 6) is 2.04. The van der Waals surface area contributed by atoms with Crippen LogP contribution in [0.1, 0.15) is 34.1 Å². The van der Waals surface area contributed by atoms with Gasteiger partial charge in [-0.15, -0.1) is 30.6 Å². The highest BCUT2D eigenvalue weighted by atomic mass is 127. The van der Waals surface area contributed by atoms with Gasteiger partial charge in [0.05, 0.1) is 6.54 Å². The lowest BCUT2D eigenvalue weighted by molar-refractivity contribution is 0.0513. The number of guanidine groups is 1. The van der Waals surface area contributed by atoms with Gasteiger partial charge in [0.25, 0.3) is 0 Å². The van der Waals surface area contributed by atoms with E-state index in [0.29, 0.717) is 12.5 Å². The predicted octanol–water partition coefficient (Wildman–Crippen LogP) is 2.45. The average Bonchev–Trinajstić information content (AvgIpc) is 2.32. The number of nitrogens with zero attached hydrogens (tertiary/aromatic N) is 2. The molecule has 0 amide bonds. The van der Waals surface area contributed by atoms with E-state index in [-0.39, 0.29) is 29.5 Å². The fourth-order valence-electron chi connectivity index (χ4n) is 2.77. The number of halogens is 1. The van der Waals surface area contributed by atoms with E-state index < -0.39 is 0 Å². The third-order valence-electron chi connectivity index (χ3n) is 3.79. The average molecular weight is 394 g/mol. The summed E-state index contributed by atoms with van der Waals surface area (Å²) in [6, 6.07) is 0. The van der Waals surface area contributed by atoms with Gasteiger partial charge in [0.15, 0.2) is 5.96 Å². The van der Waals surface area contributed by atoms with E-state index in [4.69, 9.17) is 5.73 Å². The van der Waals surface area contributed by atoms with Crippen molar-refractivity contribution in [3.63, 3.8) is 0 Å². The molecule has 1 heterocycles. The fraction of sp³-hybridized carbons (Fsp3) is 0.800. The van der Waals surface area contributed by atoms with Crippen LogP contribution in [0, 0.1) is 11.8 Å². The lowest BCUT2D eigenvalue weighted by Crippen LogP contribution is -2.53. The Morgan fingerprint density at radius 3 is 2.45 bits per heavy atom. The Hall–Kier alpha value is -0.300. The first-order valence-electron chi connectivity index (χ1n) is 7.25. The molecule has 1 aliphatic heterocycles. The summed E-state index contributed by atoms with van der Waals surface area (Å²) in [6.07, 6.45) is 3.11. The Morgan fingerprint density at radius 2 is 1.95 bits per heavy atom. The molecule has 1 fully saturated rings. The van der Waals surface area contributed by atoms with Crippen molar-refractivity contribution < 1.29 is 0 Å². The van der Waals surface area contributed by atoms with Crippen LogP contribution in [0.2, 0.25) is 0 Å². The predicted molar refractivity (Wildman–Crippen MR) is 98.7 cm³/mol. The summed E-state index contributed by atoms with van der Waals surface area (Å²) in [4.78, 5) is 7.00. The highest BCUT2D eigenvalue weighted by molar-refractivity contribution is 14.0. The van der Waals surface area contributed by atoms with Gasteiger partial charge in [-0.25, -0.2) is 0 Å². The molecule has 2 unspecified atom stereocenters. The van der Waals surface area contributed by atoms with Crippen LogP contribution < -0.4 is 11.1 Å². The fourth-order valence-corrected chi connectivity index (χ4v) is 2.77. The van der Waals surface area contributed by atoms with Crippen LogP contribution in [-0.2, 0) is 0 Å². The smallest absolute Gasteiger partial charge is 0.188 e. The van der Waals surface area contributed by atoms with E-state index in [9.17, 15) is 0 Å². The number of hydrogen-bond acceptors (Lipinski definition) is 2. The summed E-state index contributed by atoms with van der Waals surface area (Å²) in [7, 11) is 0. The number of hydrogen-bond donors (Lipinski definition) is 2. The second-order valence-corrected chi connectivity index (χ2v) is 6.53. The SMILES string of the molecule is C=CCNC(N)=NCC(C)(C)N1CC(C)CC(C)C1.I. The molecular formula is C15H31IN4. The summed E-state index contributed by atoms with van der Waals surface area (Å²) < 4.78 is 0. The van der Waals surface area contributed by atoms with Crippen molar-refractivity contribution in [2.75, 3.05) is 26.2 Å². The molecule has 0 spiro atoms. The van der Waals surface area contributed by atoms with Crippen LogP contribution in [0.15, 0.2) is 17.6 Å². The lowest BCUT2D eigenvalue weighted by atomic mass is 9.88. The van der Waals surface area contributed by atoms with Gasteiger partial charge in [0.1, 0.15) is 0 Å². The first kappa shape index (κ1) is 19.7. The van der Waals surface area contributed by atoms with Crippen molar-refractivity contribution in [2.45, 2.75) is 39.7 Å². The van der Waals surface area contributed by atoms with E-state index in [1.54, 1.807) is 6.08 Å². The maximum absolute atomic E-state index is 5.82. The van der Waals surface area contributed by atoms with Crippen molar-refractivity contribution in [1.82, 2.24) is 10.2 Å². The second-order valence-electron chi connectivity index (χ2n) is 6.53. The first-order chi connectivity index (χ1) is 8.85. The van der Waals surface area contributed by atoms with Crippen molar-refractivity contribution >= 4 is 29.9 Å². The van der Waals surface area contributed by atoms with Gasteiger partial charge in [-0.05, 0) is 32.1 Å². The zero-order chi connectivity index (χ0) is 14.5. The van der Waals surface area contributed by atoms with Gasteiger partial charge in [-0.1, -0.05) is 19.9 Å². The molecule has 4 nitrogen and oxygen atoms in total. The highest BCUT2D eigenvalue weighted by Gasteiger charge is 2.32. The number of rotatable bonds is 5. The minimum atomic E-state index is 0. The van der Waals surface area contributed by atoms with E-state index in [1.807, 2.05) is 0 Å². The zero-order valence-corrected chi connectivity index (χ0v) is 15.7. The molecule has 2 atom stereocenters. The van der Waals surface area contributed by atoms with Gasteiger partial charge < -0.3 is 11.1 Å². The third kappa shape index (κ3) is 6.43. The molecule has 3 N–H and O–H groups in total. The molecule has 118 valence electrons. The van der Waals surface area contributed by atoms with E-state index in [0.717, 1.165) is 31.5 Å². The summed E-state index contributed by atoms with van der Waals surface area (Å²) >= 11 is 0. The van der Waals surface area contributed by atoms with E-state index in [1.165, 1.54) is 6.42 Å². The Balaban J connectivity index is 0.00000361. The van der Waals surface area contributed by atoms with Crippen LogP contribution in [0.5, 0.6) is 0 Å². The molecule has 0 aliphatic carbocycles. The minimum absolute atomic E-state index is 0. The summed E-state index contributed by atoms with van der Waals surface area (Å²) in [5, 5.41) is 3.02. The molecule has 5 heteroatoms. The van der Waals surface area contributed by atoms with Crippen molar-refractivity contribution in [3.8, 4) is 0 Å². The molecule has 0 bridgehead atoms. The van der Waals surface area contributed by atoms with Crippen LogP contribution in [0.25, 0.3) is 0 Å². The minimum Gasteiger partial charge on any atom is -0.370 e. The number of nitrogens with two attached hydrogens (primary N) is 1. The van der Waals surface area contributed by atoms with Crippen molar-refractivity contribution in [3.05, 3.63) is 12.7 Å². The quantitative estimate of drug-likeness (QED) is 0.326. The molecule has 0 radical (unpaired) electrons.